The molecule has 0 fully saturated rings. The zero-order valence-electron chi connectivity index (χ0n) is 14.2. The smallest absolute Gasteiger partial charge is 0.191 e. The fourth-order valence-electron chi connectivity index (χ4n) is 2.24. The van der Waals surface area contributed by atoms with E-state index in [1.54, 1.807) is 19.2 Å². The van der Waals surface area contributed by atoms with Gasteiger partial charge in [0.15, 0.2) is 5.96 Å². The average molecular weight is 329 g/mol. The van der Waals surface area contributed by atoms with Crippen LogP contribution in [0.4, 0.5) is 4.39 Å². The molecule has 4 nitrogen and oxygen atoms in total. The molecule has 0 saturated heterocycles. The van der Waals surface area contributed by atoms with Gasteiger partial charge in [0.05, 0.1) is 13.2 Å². The van der Waals surface area contributed by atoms with Crippen LogP contribution in [-0.4, -0.2) is 19.6 Å². The molecule has 2 rings (SSSR count). The molecule has 0 bridgehead atoms. The number of benzene rings is 2. The molecule has 2 aromatic rings. The zero-order chi connectivity index (χ0) is 17.2. The first kappa shape index (κ1) is 17.9. The minimum atomic E-state index is -0.213. The summed E-state index contributed by atoms with van der Waals surface area (Å²) in [6.07, 6.45) is 0. The van der Waals surface area contributed by atoms with E-state index in [0.717, 1.165) is 17.7 Å². The Labute approximate surface area is 142 Å². The highest BCUT2D eigenvalue weighted by Crippen LogP contribution is 2.07. The van der Waals surface area contributed by atoms with Gasteiger partial charge in [-0.05, 0) is 24.1 Å². The summed E-state index contributed by atoms with van der Waals surface area (Å²) in [4.78, 5) is 4.54. The molecular formula is C19H24FN3O. The summed E-state index contributed by atoms with van der Waals surface area (Å²) in [5, 5.41) is 6.33. The van der Waals surface area contributed by atoms with Gasteiger partial charge in [-0.2, -0.15) is 0 Å². The van der Waals surface area contributed by atoms with E-state index in [-0.39, 0.29) is 5.82 Å². The van der Waals surface area contributed by atoms with E-state index < -0.39 is 0 Å². The summed E-state index contributed by atoms with van der Waals surface area (Å²) < 4.78 is 18.8. The standard InChI is InChI=1S/C19H24FN3O/c1-3-21-19(23-13-17-6-4-5-7-18(17)20)22-12-15-8-10-16(11-9-15)14-24-2/h4-11H,3,12-14H2,1-2H3,(H2,21,22,23). The number of nitrogens with zero attached hydrogens (tertiary/aromatic N) is 1. The molecule has 128 valence electrons. The number of aliphatic imine (C=N–C) groups is 1. The van der Waals surface area contributed by atoms with Crippen LogP contribution >= 0.6 is 0 Å². The number of nitrogens with one attached hydrogen (secondary N) is 2. The Hall–Kier alpha value is -2.40. The van der Waals surface area contributed by atoms with Crippen molar-refractivity contribution in [1.29, 1.82) is 0 Å². The highest BCUT2D eigenvalue weighted by molar-refractivity contribution is 5.79. The lowest BCUT2D eigenvalue weighted by molar-refractivity contribution is 0.185. The summed E-state index contributed by atoms with van der Waals surface area (Å²) in [7, 11) is 1.68. The molecule has 0 atom stereocenters. The zero-order valence-corrected chi connectivity index (χ0v) is 14.2. The van der Waals surface area contributed by atoms with Crippen molar-refractivity contribution >= 4 is 5.96 Å². The maximum Gasteiger partial charge on any atom is 0.191 e. The van der Waals surface area contributed by atoms with E-state index in [0.29, 0.717) is 31.2 Å². The second-order valence-corrected chi connectivity index (χ2v) is 5.39. The van der Waals surface area contributed by atoms with Gasteiger partial charge in [-0.25, -0.2) is 9.38 Å². The topological polar surface area (TPSA) is 45.7 Å². The van der Waals surface area contributed by atoms with Gasteiger partial charge in [-0.15, -0.1) is 0 Å². The van der Waals surface area contributed by atoms with Gasteiger partial charge >= 0.3 is 0 Å². The van der Waals surface area contributed by atoms with Crippen LogP contribution in [0.15, 0.2) is 53.5 Å². The molecule has 0 aliphatic rings. The largest absolute Gasteiger partial charge is 0.380 e. The molecule has 0 aromatic heterocycles. The third-order valence-electron chi connectivity index (χ3n) is 3.50. The van der Waals surface area contributed by atoms with Gasteiger partial charge in [0.1, 0.15) is 5.82 Å². The number of methoxy groups -OCH3 is 1. The number of ether oxygens (including phenoxy) is 1. The van der Waals surface area contributed by atoms with Crippen LogP contribution in [-0.2, 0) is 24.4 Å². The Morgan fingerprint density at radius 3 is 2.42 bits per heavy atom. The summed E-state index contributed by atoms with van der Waals surface area (Å²) in [5.74, 6) is 0.455. The van der Waals surface area contributed by atoms with Crippen molar-refractivity contribution in [3.63, 3.8) is 0 Å². The first-order chi connectivity index (χ1) is 11.7. The van der Waals surface area contributed by atoms with Crippen molar-refractivity contribution in [2.75, 3.05) is 13.7 Å². The second-order valence-electron chi connectivity index (χ2n) is 5.39. The molecule has 0 aliphatic carbocycles. The van der Waals surface area contributed by atoms with Crippen molar-refractivity contribution in [2.45, 2.75) is 26.6 Å². The van der Waals surface area contributed by atoms with Crippen LogP contribution < -0.4 is 10.6 Å². The maximum absolute atomic E-state index is 13.7. The predicted molar refractivity (Wildman–Crippen MR) is 95.2 cm³/mol. The average Bonchev–Trinajstić information content (AvgIpc) is 2.60. The van der Waals surface area contributed by atoms with E-state index in [4.69, 9.17) is 4.74 Å². The van der Waals surface area contributed by atoms with E-state index in [1.165, 1.54) is 6.07 Å². The predicted octanol–water partition coefficient (Wildman–Crippen LogP) is 3.23. The van der Waals surface area contributed by atoms with Gasteiger partial charge in [-0.3, -0.25) is 0 Å². The van der Waals surface area contributed by atoms with Crippen molar-refractivity contribution in [3.8, 4) is 0 Å². The number of halogens is 1. The van der Waals surface area contributed by atoms with Crippen LogP contribution in [0, 0.1) is 5.82 Å². The van der Waals surface area contributed by atoms with Crippen LogP contribution in [0.2, 0.25) is 0 Å². The van der Waals surface area contributed by atoms with Crippen molar-refractivity contribution in [1.82, 2.24) is 10.6 Å². The first-order valence-corrected chi connectivity index (χ1v) is 8.05. The Morgan fingerprint density at radius 2 is 1.75 bits per heavy atom. The van der Waals surface area contributed by atoms with Crippen LogP contribution in [0.25, 0.3) is 0 Å². The van der Waals surface area contributed by atoms with Crippen molar-refractivity contribution in [2.24, 2.45) is 4.99 Å². The molecule has 5 heteroatoms. The fraction of sp³-hybridized carbons (Fsp3) is 0.316. The van der Waals surface area contributed by atoms with Crippen molar-refractivity contribution < 1.29 is 9.13 Å². The highest BCUT2D eigenvalue weighted by Gasteiger charge is 2.02. The number of guanidine groups is 1. The minimum absolute atomic E-state index is 0.213. The van der Waals surface area contributed by atoms with Crippen LogP contribution in [0.1, 0.15) is 23.6 Å². The minimum Gasteiger partial charge on any atom is -0.380 e. The van der Waals surface area contributed by atoms with Gasteiger partial charge in [0, 0.05) is 25.8 Å². The van der Waals surface area contributed by atoms with Gasteiger partial charge < -0.3 is 15.4 Å². The monoisotopic (exact) mass is 329 g/mol. The fourth-order valence-corrected chi connectivity index (χ4v) is 2.24. The van der Waals surface area contributed by atoms with E-state index in [1.807, 2.05) is 37.3 Å². The molecule has 0 amide bonds. The molecule has 0 aliphatic heterocycles. The summed E-state index contributed by atoms with van der Waals surface area (Å²) in [6.45, 7) is 4.30. The third-order valence-corrected chi connectivity index (χ3v) is 3.50. The molecule has 2 aromatic carbocycles. The third kappa shape index (κ3) is 5.66. The van der Waals surface area contributed by atoms with E-state index in [9.17, 15) is 4.39 Å². The lowest BCUT2D eigenvalue weighted by Crippen LogP contribution is -2.37. The molecule has 2 N–H and O–H groups in total. The van der Waals surface area contributed by atoms with Gasteiger partial charge in [0.25, 0.3) is 0 Å². The summed E-state index contributed by atoms with van der Waals surface area (Å²) in [6, 6.07) is 14.9. The van der Waals surface area contributed by atoms with Crippen molar-refractivity contribution in [3.05, 3.63) is 71.0 Å². The number of hydrogen-bond acceptors (Lipinski definition) is 2. The molecule has 0 saturated carbocycles. The normalized spacial score (nSPS) is 11.4. The molecule has 24 heavy (non-hydrogen) atoms. The molecule has 0 unspecified atom stereocenters. The van der Waals surface area contributed by atoms with Crippen LogP contribution in [0.5, 0.6) is 0 Å². The second kappa shape index (κ2) is 9.67. The number of hydrogen-bond donors (Lipinski definition) is 2. The Balaban J connectivity index is 1.96. The maximum atomic E-state index is 13.7. The van der Waals surface area contributed by atoms with Gasteiger partial charge in [-0.1, -0.05) is 42.5 Å². The Kier molecular flexibility index (Phi) is 7.23. The summed E-state index contributed by atoms with van der Waals surface area (Å²) in [5.41, 5.74) is 2.86. The lowest BCUT2D eigenvalue weighted by Gasteiger charge is -2.12. The lowest BCUT2D eigenvalue weighted by atomic mass is 10.1. The number of rotatable bonds is 7. The molecule has 0 spiro atoms. The quantitative estimate of drug-likeness (QED) is 0.605. The van der Waals surface area contributed by atoms with Gasteiger partial charge in [0.2, 0.25) is 0 Å². The highest BCUT2D eigenvalue weighted by atomic mass is 19.1. The Bertz CT molecular complexity index is 656. The SMILES string of the molecule is CCNC(=NCc1ccc(COC)cc1)NCc1ccccc1F. The van der Waals surface area contributed by atoms with E-state index in [2.05, 4.69) is 15.6 Å². The summed E-state index contributed by atoms with van der Waals surface area (Å²) >= 11 is 0. The van der Waals surface area contributed by atoms with E-state index >= 15 is 0 Å². The molecule has 0 radical (unpaired) electrons. The van der Waals surface area contributed by atoms with Crippen LogP contribution in [0.3, 0.4) is 0 Å². The Morgan fingerprint density at radius 1 is 1.04 bits per heavy atom. The molecule has 0 heterocycles. The molecular weight excluding hydrogens is 305 g/mol. The first-order valence-electron chi connectivity index (χ1n) is 8.05.